The fourth-order valence-corrected chi connectivity index (χ4v) is 2.76. The number of aromatic nitrogens is 3. The number of nitrogens with one attached hydrogen (secondary N) is 1. The minimum Gasteiger partial charge on any atom is -0.315 e. The van der Waals surface area contributed by atoms with Crippen LogP contribution in [0.3, 0.4) is 0 Å². The maximum Gasteiger partial charge on any atom is 0.147 e. The highest BCUT2D eigenvalue weighted by Crippen LogP contribution is 2.26. The van der Waals surface area contributed by atoms with Crippen LogP contribution in [0, 0.1) is 5.41 Å². The highest BCUT2D eigenvalue weighted by atomic mass is 15.3. The summed E-state index contributed by atoms with van der Waals surface area (Å²) in [6.45, 7) is 10.1. The molecular formula is C14H25N5. The second kappa shape index (κ2) is 5.21. The molecule has 1 N–H and O–H groups in total. The normalized spacial score (nSPS) is 23.1. The van der Waals surface area contributed by atoms with Crippen molar-refractivity contribution in [3.8, 4) is 0 Å². The first kappa shape index (κ1) is 13.1. The first-order chi connectivity index (χ1) is 9.18. The zero-order valence-electron chi connectivity index (χ0n) is 12.1. The van der Waals surface area contributed by atoms with Gasteiger partial charge in [-0.2, -0.15) is 0 Å². The second-order valence-electron chi connectivity index (χ2n) is 6.47. The van der Waals surface area contributed by atoms with E-state index in [9.17, 15) is 0 Å². The zero-order valence-corrected chi connectivity index (χ0v) is 12.1. The molecule has 1 unspecified atom stereocenters. The van der Waals surface area contributed by atoms with Gasteiger partial charge < -0.3 is 9.88 Å². The first-order valence-corrected chi connectivity index (χ1v) is 7.51. The Morgan fingerprint density at radius 3 is 3.00 bits per heavy atom. The van der Waals surface area contributed by atoms with E-state index in [0.717, 1.165) is 44.6 Å². The molecule has 0 radical (unpaired) electrons. The van der Waals surface area contributed by atoms with Crippen LogP contribution in [-0.4, -0.2) is 45.3 Å². The van der Waals surface area contributed by atoms with E-state index in [-0.39, 0.29) is 0 Å². The molecule has 1 aliphatic heterocycles. The van der Waals surface area contributed by atoms with E-state index in [1.807, 2.05) is 6.33 Å². The van der Waals surface area contributed by atoms with E-state index in [0.29, 0.717) is 5.41 Å². The molecule has 0 amide bonds. The van der Waals surface area contributed by atoms with Crippen molar-refractivity contribution in [3.05, 3.63) is 12.2 Å². The van der Waals surface area contributed by atoms with Crippen LogP contribution in [0.5, 0.6) is 0 Å². The van der Waals surface area contributed by atoms with Gasteiger partial charge >= 0.3 is 0 Å². The van der Waals surface area contributed by atoms with Gasteiger partial charge in [0.25, 0.3) is 0 Å². The van der Waals surface area contributed by atoms with Crippen LogP contribution in [0.4, 0.5) is 0 Å². The third kappa shape index (κ3) is 3.15. The Bertz CT molecular complexity index is 425. The lowest BCUT2D eigenvalue weighted by Crippen LogP contribution is -2.45. The summed E-state index contributed by atoms with van der Waals surface area (Å²) in [5.41, 5.74) is 0.366. The van der Waals surface area contributed by atoms with Crippen LogP contribution in [-0.2, 0) is 13.1 Å². The molecule has 5 nitrogen and oxygen atoms in total. The van der Waals surface area contributed by atoms with Gasteiger partial charge in [-0.1, -0.05) is 13.8 Å². The summed E-state index contributed by atoms with van der Waals surface area (Å²) in [4.78, 5) is 2.53. The predicted molar refractivity (Wildman–Crippen MR) is 74.7 cm³/mol. The number of nitrogens with zero attached hydrogens (tertiary/aromatic N) is 4. The van der Waals surface area contributed by atoms with Crippen LogP contribution >= 0.6 is 0 Å². The lowest BCUT2D eigenvalue weighted by Gasteiger charge is -2.37. The molecule has 2 heterocycles. The molecule has 5 heteroatoms. The first-order valence-electron chi connectivity index (χ1n) is 7.51. The number of rotatable bonds is 6. The molecule has 0 saturated heterocycles. The van der Waals surface area contributed by atoms with Gasteiger partial charge in [0.15, 0.2) is 0 Å². The molecule has 1 aliphatic carbocycles. The standard InChI is InChI=1S/C14H25N5/c1-3-14(2,9-15-12-4-5-12)10-18-6-7-19-11-16-17-13(19)8-18/h11-12,15H,3-10H2,1-2H3. The lowest BCUT2D eigenvalue weighted by atomic mass is 9.86. The highest BCUT2D eigenvalue weighted by Gasteiger charge is 2.30. The van der Waals surface area contributed by atoms with Crippen molar-refractivity contribution in [1.82, 2.24) is 25.0 Å². The Kier molecular flexibility index (Phi) is 3.58. The third-order valence-electron chi connectivity index (χ3n) is 4.57. The van der Waals surface area contributed by atoms with Crippen molar-refractivity contribution in [2.75, 3.05) is 19.6 Å². The molecule has 1 atom stereocenters. The van der Waals surface area contributed by atoms with Gasteiger partial charge in [-0.3, -0.25) is 4.90 Å². The number of fused-ring (bicyclic) bond motifs is 1. The number of hydrogen-bond acceptors (Lipinski definition) is 4. The minimum absolute atomic E-state index is 0.366. The van der Waals surface area contributed by atoms with Gasteiger partial charge in [-0.25, -0.2) is 0 Å². The van der Waals surface area contributed by atoms with Crippen molar-refractivity contribution >= 4 is 0 Å². The van der Waals surface area contributed by atoms with E-state index >= 15 is 0 Å². The second-order valence-corrected chi connectivity index (χ2v) is 6.47. The van der Waals surface area contributed by atoms with E-state index < -0.39 is 0 Å². The third-order valence-corrected chi connectivity index (χ3v) is 4.57. The smallest absolute Gasteiger partial charge is 0.147 e. The van der Waals surface area contributed by atoms with Gasteiger partial charge in [0, 0.05) is 32.2 Å². The fraction of sp³-hybridized carbons (Fsp3) is 0.857. The molecule has 0 aromatic carbocycles. The van der Waals surface area contributed by atoms with E-state index in [1.54, 1.807) is 0 Å². The van der Waals surface area contributed by atoms with Crippen LogP contribution < -0.4 is 5.32 Å². The van der Waals surface area contributed by atoms with Crippen molar-refractivity contribution in [1.29, 1.82) is 0 Å². The maximum atomic E-state index is 4.20. The molecule has 0 bridgehead atoms. The van der Waals surface area contributed by atoms with E-state index in [4.69, 9.17) is 0 Å². The zero-order chi connectivity index (χ0) is 13.3. The Labute approximate surface area is 115 Å². The van der Waals surface area contributed by atoms with Gasteiger partial charge in [-0.05, 0) is 24.7 Å². The summed E-state index contributed by atoms with van der Waals surface area (Å²) in [5.74, 6) is 1.11. The van der Waals surface area contributed by atoms with Gasteiger partial charge in [0.2, 0.25) is 0 Å². The Balaban J connectivity index is 1.56. The van der Waals surface area contributed by atoms with Crippen LogP contribution in [0.1, 0.15) is 38.9 Å². The molecule has 1 aromatic heterocycles. The van der Waals surface area contributed by atoms with E-state index in [2.05, 4.69) is 38.8 Å². The summed E-state index contributed by atoms with van der Waals surface area (Å²) in [5, 5.41) is 11.9. The molecular weight excluding hydrogens is 238 g/mol. The Morgan fingerprint density at radius 1 is 1.42 bits per heavy atom. The Morgan fingerprint density at radius 2 is 2.26 bits per heavy atom. The van der Waals surface area contributed by atoms with Crippen molar-refractivity contribution < 1.29 is 0 Å². The largest absolute Gasteiger partial charge is 0.315 e. The molecule has 1 aromatic rings. The summed E-state index contributed by atoms with van der Waals surface area (Å²) in [7, 11) is 0. The van der Waals surface area contributed by atoms with Gasteiger partial charge in [-0.15, -0.1) is 10.2 Å². The molecule has 1 saturated carbocycles. The molecule has 19 heavy (non-hydrogen) atoms. The predicted octanol–water partition coefficient (Wildman–Crippen LogP) is 1.26. The summed E-state index contributed by atoms with van der Waals surface area (Å²) < 4.78 is 2.17. The maximum absolute atomic E-state index is 4.20. The highest BCUT2D eigenvalue weighted by molar-refractivity contribution is 4.92. The molecule has 106 valence electrons. The fourth-order valence-electron chi connectivity index (χ4n) is 2.76. The van der Waals surface area contributed by atoms with Crippen LogP contribution in [0.15, 0.2) is 6.33 Å². The SMILES string of the molecule is CCC(C)(CNC1CC1)CN1CCn2cnnc2C1. The summed E-state index contributed by atoms with van der Waals surface area (Å²) in [6.07, 6.45) is 5.80. The number of hydrogen-bond donors (Lipinski definition) is 1. The molecule has 1 fully saturated rings. The van der Waals surface area contributed by atoms with Crippen LogP contribution in [0.25, 0.3) is 0 Å². The average molecular weight is 263 g/mol. The van der Waals surface area contributed by atoms with Crippen molar-refractivity contribution in [2.45, 2.75) is 52.2 Å². The van der Waals surface area contributed by atoms with Crippen molar-refractivity contribution in [2.24, 2.45) is 5.41 Å². The summed E-state index contributed by atoms with van der Waals surface area (Å²) >= 11 is 0. The monoisotopic (exact) mass is 263 g/mol. The molecule has 0 spiro atoms. The Hall–Kier alpha value is -0.940. The van der Waals surface area contributed by atoms with Gasteiger partial charge in [0.1, 0.15) is 12.2 Å². The molecule has 3 rings (SSSR count). The molecule has 2 aliphatic rings. The summed E-state index contributed by atoms with van der Waals surface area (Å²) in [6, 6.07) is 0.801. The quantitative estimate of drug-likeness (QED) is 0.839. The van der Waals surface area contributed by atoms with Crippen LogP contribution in [0.2, 0.25) is 0 Å². The van der Waals surface area contributed by atoms with Gasteiger partial charge in [0.05, 0.1) is 6.54 Å². The topological polar surface area (TPSA) is 46.0 Å². The van der Waals surface area contributed by atoms with Crippen molar-refractivity contribution in [3.63, 3.8) is 0 Å². The van der Waals surface area contributed by atoms with E-state index in [1.165, 1.54) is 19.3 Å². The average Bonchev–Trinajstić information content (AvgIpc) is 3.13. The lowest BCUT2D eigenvalue weighted by molar-refractivity contribution is 0.126. The minimum atomic E-state index is 0.366.